The molecular formula is C13H22N2O2S2. The van der Waals surface area contributed by atoms with Crippen molar-refractivity contribution in [3.63, 3.8) is 0 Å². The Hall–Kier alpha value is -0.620. The molecule has 0 fully saturated rings. The summed E-state index contributed by atoms with van der Waals surface area (Å²) in [6.07, 6.45) is 9.35. The molecule has 0 aromatic rings. The lowest BCUT2D eigenvalue weighted by atomic mass is 9.88. The van der Waals surface area contributed by atoms with Gasteiger partial charge in [0.05, 0.1) is 0 Å². The minimum Gasteiger partial charge on any atom is -0.137 e. The van der Waals surface area contributed by atoms with Crippen LogP contribution in [0.5, 0.6) is 0 Å². The summed E-state index contributed by atoms with van der Waals surface area (Å²) in [4.78, 5) is 20.9. The first-order chi connectivity index (χ1) is 8.95. The Morgan fingerprint density at radius 3 is 2.16 bits per heavy atom. The fraction of sp³-hybridized carbons (Fsp3) is 0.692. The van der Waals surface area contributed by atoms with E-state index in [4.69, 9.17) is 0 Å². The van der Waals surface area contributed by atoms with Crippen molar-refractivity contribution in [2.75, 3.05) is 0 Å². The topological polar surface area (TPSA) is 58.9 Å². The molecule has 4 nitrogen and oxygen atoms in total. The molecule has 6 heteroatoms. The van der Waals surface area contributed by atoms with E-state index in [1.54, 1.807) is 0 Å². The second-order valence-electron chi connectivity index (χ2n) is 5.24. The Kier molecular flexibility index (Phi) is 9.87. The smallest absolute Gasteiger partial charge is 0.0484 e. The molecule has 0 aromatic heterocycles. The van der Waals surface area contributed by atoms with Crippen molar-refractivity contribution in [1.82, 2.24) is 0 Å². The lowest BCUT2D eigenvalue weighted by molar-refractivity contribution is 0.376. The van der Waals surface area contributed by atoms with Crippen LogP contribution in [0.4, 0.5) is 0 Å². The Labute approximate surface area is 124 Å². The van der Waals surface area contributed by atoms with E-state index in [-0.39, 0.29) is 15.9 Å². The average molecular weight is 302 g/mol. The van der Waals surface area contributed by atoms with Crippen LogP contribution in [0.1, 0.15) is 40.5 Å². The van der Waals surface area contributed by atoms with Crippen LogP contribution in [-0.2, 0) is 0 Å². The van der Waals surface area contributed by atoms with Gasteiger partial charge in [0, 0.05) is 43.6 Å². The van der Waals surface area contributed by atoms with Crippen LogP contribution in [0.3, 0.4) is 0 Å². The molecule has 0 amide bonds. The van der Waals surface area contributed by atoms with Crippen LogP contribution in [0.15, 0.2) is 33.5 Å². The summed E-state index contributed by atoms with van der Waals surface area (Å²) in [5.74, 6) is 0. The first-order valence-corrected chi connectivity index (χ1v) is 7.89. The highest BCUT2D eigenvalue weighted by atomic mass is 32.2. The third-order valence-electron chi connectivity index (χ3n) is 2.66. The van der Waals surface area contributed by atoms with Gasteiger partial charge in [0.1, 0.15) is 0 Å². The molecule has 0 aromatic carbocycles. The molecule has 0 aliphatic heterocycles. The van der Waals surface area contributed by atoms with Crippen LogP contribution in [0.25, 0.3) is 0 Å². The van der Waals surface area contributed by atoms with Gasteiger partial charge in [-0.3, -0.25) is 0 Å². The lowest BCUT2D eigenvalue weighted by Crippen LogP contribution is -2.23. The predicted molar refractivity (Wildman–Crippen MR) is 87.0 cm³/mol. The van der Waals surface area contributed by atoms with Crippen molar-refractivity contribution in [2.24, 2.45) is 14.6 Å². The van der Waals surface area contributed by atoms with Crippen LogP contribution in [-0.4, -0.2) is 10.5 Å². The molecule has 0 saturated carbocycles. The number of nitroso groups, excluding NO2 is 2. The molecule has 0 spiro atoms. The maximum atomic E-state index is 10.5. The van der Waals surface area contributed by atoms with Crippen molar-refractivity contribution >= 4 is 23.9 Å². The number of hydrogen-bond donors (Lipinski definition) is 0. The van der Waals surface area contributed by atoms with Crippen molar-refractivity contribution in [3.05, 3.63) is 34.1 Å². The molecule has 0 bridgehead atoms. The molecule has 0 rings (SSSR count). The zero-order valence-corrected chi connectivity index (χ0v) is 13.5. The van der Waals surface area contributed by atoms with Crippen molar-refractivity contribution in [2.45, 2.75) is 51.0 Å². The van der Waals surface area contributed by atoms with E-state index >= 15 is 0 Å². The Bertz CT molecular complexity index is 325. The van der Waals surface area contributed by atoms with Crippen LogP contribution >= 0.6 is 23.9 Å². The number of allylic oxidation sites excluding steroid dienone is 3. The van der Waals surface area contributed by atoms with Crippen molar-refractivity contribution in [1.29, 1.82) is 0 Å². The van der Waals surface area contributed by atoms with Gasteiger partial charge in [-0.1, -0.05) is 45.1 Å². The van der Waals surface area contributed by atoms with Gasteiger partial charge >= 0.3 is 0 Å². The van der Waals surface area contributed by atoms with Gasteiger partial charge in [-0.15, -0.1) is 9.81 Å². The minimum atomic E-state index is 0.00936. The fourth-order valence-electron chi connectivity index (χ4n) is 1.55. The zero-order chi connectivity index (χ0) is 14.7. The maximum Gasteiger partial charge on any atom is 0.0484 e. The Balaban J connectivity index is 4.49. The van der Waals surface area contributed by atoms with E-state index < -0.39 is 0 Å². The van der Waals surface area contributed by atoms with E-state index in [9.17, 15) is 9.81 Å². The second kappa shape index (κ2) is 10.2. The quantitative estimate of drug-likeness (QED) is 0.320. The van der Waals surface area contributed by atoms with Crippen molar-refractivity contribution < 1.29 is 0 Å². The molecule has 19 heavy (non-hydrogen) atoms. The number of nitrogens with zero attached hydrogens (tertiary/aromatic N) is 2. The molecule has 0 N–H and O–H groups in total. The minimum absolute atomic E-state index is 0.00936. The molecule has 0 aliphatic carbocycles. The summed E-state index contributed by atoms with van der Waals surface area (Å²) in [5, 5.41) is 0.195. The van der Waals surface area contributed by atoms with E-state index in [1.807, 2.05) is 31.2 Å². The highest BCUT2D eigenvalue weighted by Crippen LogP contribution is 2.35. The lowest BCUT2D eigenvalue weighted by Gasteiger charge is -2.27. The first kappa shape index (κ1) is 18.4. The third-order valence-corrected chi connectivity index (χ3v) is 4.69. The van der Waals surface area contributed by atoms with Crippen LogP contribution in [0, 0.1) is 15.2 Å². The SMILES string of the molecule is CC=CC=CC(CCC(SN=O)C(C)(C)C)SN=O. The standard InChI is InChI=1S/C13H22N2O2S2/c1-5-6-7-8-11(18-14-16)9-10-12(19-15-17)13(2,3)4/h5-8,11-12H,9-10H2,1-4H3. The monoisotopic (exact) mass is 302 g/mol. The molecule has 0 aliphatic rings. The van der Waals surface area contributed by atoms with Crippen LogP contribution in [0.2, 0.25) is 0 Å². The average Bonchev–Trinajstić information content (AvgIpc) is 2.33. The van der Waals surface area contributed by atoms with Crippen molar-refractivity contribution in [3.8, 4) is 0 Å². The highest BCUT2D eigenvalue weighted by molar-refractivity contribution is 7.98. The maximum absolute atomic E-state index is 10.5. The number of rotatable bonds is 9. The fourth-order valence-corrected chi connectivity index (χ4v) is 2.72. The zero-order valence-electron chi connectivity index (χ0n) is 11.9. The highest BCUT2D eigenvalue weighted by Gasteiger charge is 2.26. The third kappa shape index (κ3) is 8.99. The molecule has 0 saturated heterocycles. The second-order valence-corrected chi connectivity index (χ2v) is 7.14. The van der Waals surface area contributed by atoms with Crippen LogP contribution < -0.4 is 0 Å². The van der Waals surface area contributed by atoms with E-state index in [2.05, 4.69) is 29.9 Å². The predicted octanol–water partition coefficient (Wildman–Crippen LogP) is 5.51. The molecule has 108 valence electrons. The first-order valence-electron chi connectivity index (χ1n) is 6.22. The van der Waals surface area contributed by atoms with Gasteiger partial charge < -0.3 is 0 Å². The summed E-state index contributed by atoms with van der Waals surface area (Å²) in [6.45, 7) is 8.20. The Morgan fingerprint density at radius 1 is 1.05 bits per heavy atom. The summed E-state index contributed by atoms with van der Waals surface area (Å²) in [7, 11) is 0. The summed E-state index contributed by atoms with van der Waals surface area (Å²) in [6, 6.07) is 0. The Morgan fingerprint density at radius 2 is 1.68 bits per heavy atom. The molecule has 2 atom stereocenters. The van der Waals surface area contributed by atoms with Gasteiger partial charge in [0.15, 0.2) is 0 Å². The van der Waals surface area contributed by atoms with E-state index in [0.717, 1.165) is 36.7 Å². The molecular weight excluding hydrogens is 280 g/mol. The van der Waals surface area contributed by atoms with E-state index in [1.165, 1.54) is 0 Å². The molecule has 0 radical (unpaired) electrons. The summed E-state index contributed by atoms with van der Waals surface area (Å²) in [5.41, 5.74) is 0.00936. The summed E-state index contributed by atoms with van der Waals surface area (Å²) >= 11 is 2.11. The largest absolute Gasteiger partial charge is 0.137 e. The van der Waals surface area contributed by atoms with Gasteiger partial charge in [0.25, 0.3) is 0 Å². The molecule has 2 unspecified atom stereocenters. The number of hydrogen-bond acceptors (Lipinski definition) is 6. The van der Waals surface area contributed by atoms with Gasteiger partial charge in [-0.05, 0) is 25.2 Å². The van der Waals surface area contributed by atoms with Gasteiger partial charge in [-0.25, -0.2) is 0 Å². The normalized spacial score (nSPS) is 15.8. The molecule has 0 heterocycles. The van der Waals surface area contributed by atoms with E-state index in [0.29, 0.717) is 0 Å². The summed E-state index contributed by atoms with van der Waals surface area (Å²) < 4.78 is 5.85. The van der Waals surface area contributed by atoms with Gasteiger partial charge in [0.2, 0.25) is 0 Å². The van der Waals surface area contributed by atoms with Gasteiger partial charge in [-0.2, -0.15) is 0 Å².